The van der Waals surface area contributed by atoms with E-state index in [9.17, 15) is 19.7 Å². The molecule has 9 nitrogen and oxygen atoms in total. The maximum Gasteiger partial charge on any atom is 0.269 e. The fraction of sp³-hybridized carbons (Fsp3) is 0.148. The van der Waals surface area contributed by atoms with Crippen LogP contribution in [0.3, 0.4) is 0 Å². The average Bonchev–Trinajstić information content (AvgIpc) is 2.92. The third-order valence-electron chi connectivity index (χ3n) is 4.99. The molecular weight excluding hydrogens is 492 g/mol. The summed E-state index contributed by atoms with van der Waals surface area (Å²) in [7, 11) is 0. The lowest BCUT2D eigenvalue weighted by molar-refractivity contribution is -0.384. The molecule has 0 aliphatic carbocycles. The molecule has 190 valence electrons. The van der Waals surface area contributed by atoms with E-state index < -0.39 is 22.8 Å². The van der Waals surface area contributed by atoms with Crippen LogP contribution >= 0.6 is 11.8 Å². The Balaban J connectivity index is 1.63. The smallest absolute Gasteiger partial charge is 0.269 e. The summed E-state index contributed by atoms with van der Waals surface area (Å²) < 4.78 is 5.44. The van der Waals surface area contributed by atoms with E-state index in [1.807, 2.05) is 30.3 Å². The number of ether oxygens (including phenoxy) is 1. The number of nitrogens with one attached hydrogen (secondary N) is 2. The molecule has 0 bridgehead atoms. The fourth-order valence-electron chi connectivity index (χ4n) is 3.08. The number of hydrazone groups is 1. The van der Waals surface area contributed by atoms with Crippen molar-refractivity contribution in [2.45, 2.75) is 11.8 Å². The summed E-state index contributed by atoms with van der Waals surface area (Å²) in [5, 5.41) is 17.6. The van der Waals surface area contributed by atoms with Gasteiger partial charge in [-0.25, -0.2) is 5.43 Å². The van der Waals surface area contributed by atoms with Crippen molar-refractivity contribution in [1.29, 1.82) is 0 Å². The number of carbonyl (C=O) groups is 2. The van der Waals surface area contributed by atoms with Gasteiger partial charge in [0.15, 0.2) is 0 Å². The second-order valence-corrected chi connectivity index (χ2v) is 8.76. The number of non-ortho nitro benzene ring substituents is 1. The number of hydrogen-bond donors (Lipinski definition) is 2. The van der Waals surface area contributed by atoms with E-state index in [0.717, 1.165) is 11.1 Å². The molecule has 2 N–H and O–H groups in total. The first-order chi connectivity index (χ1) is 18.0. The molecule has 0 aliphatic rings. The number of rotatable bonds is 13. The number of thioether (sulfide) groups is 1. The summed E-state index contributed by atoms with van der Waals surface area (Å²) in [5.74, 6) is 0.629. The van der Waals surface area contributed by atoms with Gasteiger partial charge in [0.1, 0.15) is 18.4 Å². The number of benzene rings is 3. The molecule has 3 aromatic carbocycles. The summed E-state index contributed by atoms with van der Waals surface area (Å²) in [6.45, 7) is 4.01. The van der Waals surface area contributed by atoms with Crippen molar-refractivity contribution >= 4 is 35.5 Å². The largest absolute Gasteiger partial charge is 0.490 e. The van der Waals surface area contributed by atoms with Crippen LogP contribution in [-0.2, 0) is 10.5 Å². The maximum atomic E-state index is 12.9. The molecular formula is C27H26N4O5S. The number of amides is 2. The van der Waals surface area contributed by atoms with Gasteiger partial charge in [-0.2, -0.15) is 16.9 Å². The van der Waals surface area contributed by atoms with Gasteiger partial charge in [0.2, 0.25) is 0 Å². The zero-order chi connectivity index (χ0) is 26.5. The summed E-state index contributed by atoms with van der Waals surface area (Å²) in [6.07, 6.45) is 3.14. The highest BCUT2D eigenvalue weighted by Crippen LogP contribution is 2.15. The minimum atomic E-state index is -0.886. The van der Waals surface area contributed by atoms with Gasteiger partial charge in [0, 0.05) is 29.2 Å². The molecule has 0 saturated heterocycles. The van der Waals surface area contributed by atoms with Gasteiger partial charge in [0.25, 0.3) is 17.5 Å². The molecule has 1 atom stereocenters. The highest BCUT2D eigenvalue weighted by atomic mass is 32.2. The minimum absolute atomic E-state index is 0.126. The Bertz CT molecular complexity index is 1230. The van der Waals surface area contributed by atoms with Gasteiger partial charge in [-0.1, -0.05) is 43.0 Å². The highest BCUT2D eigenvalue weighted by Gasteiger charge is 2.22. The number of nitrogens with zero attached hydrogens (tertiary/aromatic N) is 2. The minimum Gasteiger partial charge on any atom is -0.490 e. The zero-order valence-electron chi connectivity index (χ0n) is 19.9. The summed E-state index contributed by atoms with van der Waals surface area (Å²) in [5.41, 5.74) is 4.40. The van der Waals surface area contributed by atoms with Crippen molar-refractivity contribution < 1.29 is 19.2 Å². The standard InChI is InChI=1S/C27H26N4O5S/c1-2-16-36-24-14-8-20(9-15-24)17-28-30-27(33)25(19-37-18-21-6-4-3-5-7-21)29-26(32)22-10-12-23(13-11-22)31(34)35/h2-15,17,25H,1,16,18-19H2,(H,29,32)(H,30,33). The molecule has 2 amide bonds. The number of carbonyl (C=O) groups excluding carboxylic acids is 2. The van der Waals surface area contributed by atoms with Crippen LogP contribution in [-0.4, -0.2) is 41.4 Å². The van der Waals surface area contributed by atoms with Crippen molar-refractivity contribution in [2.75, 3.05) is 12.4 Å². The van der Waals surface area contributed by atoms with Crippen LogP contribution in [0, 0.1) is 10.1 Å². The van der Waals surface area contributed by atoms with Crippen molar-refractivity contribution in [1.82, 2.24) is 10.7 Å². The quantitative estimate of drug-likeness (QED) is 0.150. The first kappa shape index (κ1) is 27.2. The lowest BCUT2D eigenvalue weighted by Crippen LogP contribution is -2.47. The van der Waals surface area contributed by atoms with E-state index in [-0.39, 0.29) is 11.3 Å². The predicted molar refractivity (Wildman–Crippen MR) is 145 cm³/mol. The molecule has 0 aliphatic heterocycles. The van der Waals surface area contributed by atoms with E-state index in [2.05, 4.69) is 22.4 Å². The van der Waals surface area contributed by atoms with E-state index in [1.165, 1.54) is 42.2 Å². The molecule has 3 aromatic rings. The third-order valence-corrected chi connectivity index (χ3v) is 6.10. The molecule has 0 saturated carbocycles. The molecule has 1 unspecified atom stereocenters. The molecule has 0 spiro atoms. The third kappa shape index (κ3) is 8.93. The molecule has 0 radical (unpaired) electrons. The van der Waals surface area contributed by atoms with Gasteiger partial charge in [-0.15, -0.1) is 0 Å². The maximum absolute atomic E-state index is 12.9. The second kappa shape index (κ2) is 14.2. The Hall–Kier alpha value is -4.44. The Labute approximate surface area is 218 Å². The van der Waals surface area contributed by atoms with Crippen molar-refractivity contribution in [3.63, 3.8) is 0 Å². The predicted octanol–water partition coefficient (Wildman–Crippen LogP) is 4.34. The lowest BCUT2D eigenvalue weighted by atomic mass is 10.2. The lowest BCUT2D eigenvalue weighted by Gasteiger charge is -2.17. The van der Waals surface area contributed by atoms with Gasteiger partial charge < -0.3 is 10.1 Å². The van der Waals surface area contributed by atoms with Gasteiger partial charge in [-0.05, 0) is 47.5 Å². The summed E-state index contributed by atoms with van der Waals surface area (Å²) in [4.78, 5) is 36.0. The molecule has 10 heteroatoms. The monoisotopic (exact) mass is 518 g/mol. The van der Waals surface area contributed by atoms with Gasteiger partial charge >= 0.3 is 0 Å². The Morgan fingerprint density at radius 2 is 1.76 bits per heavy atom. The first-order valence-corrected chi connectivity index (χ1v) is 12.5. The van der Waals surface area contributed by atoms with Gasteiger partial charge in [-0.3, -0.25) is 19.7 Å². The van der Waals surface area contributed by atoms with Crippen molar-refractivity contribution in [3.8, 4) is 5.75 Å². The summed E-state index contributed by atoms with van der Waals surface area (Å²) in [6, 6.07) is 21.2. The van der Waals surface area contributed by atoms with Crippen molar-refractivity contribution in [2.24, 2.45) is 5.10 Å². The molecule has 3 rings (SSSR count). The van der Waals surface area contributed by atoms with Crippen LogP contribution in [0.25, 0.3) is 0 Å². The fourth-order valence-corrected chi connectivity index (χ4v) is 4.10. The number of nitro benzene ring substituents is 1. The van der Waals surface area contributed by atoms with E-state index in [4.69, 9.17) is 4.74 Å². The van der Waals surface area contributed by atoms with E-state index in [0.29, 0.717) is 23.9 Å². The van der Waals surface area contributed by atoms with Crippen LogP contribution in [0.1, 0.15) is 21.5 Å². The summed E-state index contributed by atoms with van der Waals surface area (Å²) >= 11 is 1.49. The Kier molecular flexibility index (Phi) is 10.4. The molecule has 0 aromatic heterocycles. The van der Waals surface area contributed by atoms with Gasteiger partial charge in [0.05, 0.1) is 11.1 Å². The van der Waals surface area contributed by atoms with Crippen LogP contribution in [0.15, 0.2) is 96.6 Å². The Morgan fingerprint density at radius 3 is 2.41 bits per heavy atom. The Morgan fingerprint density at radius 1 is 1.05 bits per heavy atom. The number of nitro groups is 1. The second-order valence-electron chi connectivity index (χ2n) is 7.73. The van der Waals surface area contributed by atoms with Crippen LogP contribution in [0.5, 0.6) is 5.75 Å². The van der Waals surface area contributed by atoms with Crippen LogP contribution in [0.2, 0.25) is 0 Å². The molecule has 0 heterocycles. The molecule has 37 heavy (non-hydrogen) atoms. The van der Waals surface area contributed by atoms with Crippen LogP contribution < -0.4 is 15.5 Å². The number of hydrogen-bond acceptors (Lipinski definition) is 7. The SMILES string of the molecule is C=CCOc1ccc(C=NNC(=O)C(CSCc2ccccc2)NC(=O)c2ccc([N+](=O)[O-])cc2)cc1. The van der Waals surface area contributed by atoms with Crippen LogP contribution in [0.4, 0.5) is 5.69 Å². The van der Waals surface area contributed by atoms with E-state index in [1.54, 1.807) is 30.3 Å². The normalized spacial score (nSPS) is 11.5. The van der Waals surface area contributed by atoms with E-state index >= 15 is 0 Å². The van der Waals surface area contributed by atoms with Crippen molar-refractivity contribution in [3.05, 3.63) is 118 Å². The molecule has 0 fully saturated rings. The highest BCUT2D eigenvalue weighted by molar-refractivity contribution is 7.98. The average molecular weight is 519 g/mol. The first-order valence-electron chi connectivity index (χ1n) is 11.3. The zero-order valence-corrected chi connectivity index (χ0v) is 20.7. The topological polar surface area (TPSA) is 123 Å².